The minimum Gasteiger partial charge on any atom is -0.507 e. The van der Waals surface area contributed by atoms with Gasteiger partial charge in [-0.25, -0.2) is 0 Å². The molecule has 0 spiro atoms. The molecule has 0 aliphatic heterocycles. The zero-order valence-corrected chi connectivity index (χ0v) is 14.1. The first kappa shape index (κ1) is 17.4. The van der Waals surface area contributed by atoms with Crippen LogP contribution in [0.5, 0.6) is 11.5 Å². The summed E-state index contributed by atoms with van der Waals surface area (Å²) in [6, 6.07) is 9.68. The summed E-state index contributed by atoms with van der Waals surface area (Å²) in [6.07, 6.45) is 3.85. The topological polar surface area (TPSA) is 46.5 Å². The second-order valence-electron chi connectivity index (χ2n) is 4.90. The van der Waals surface area contributed by atoms with Gasteiger partial charge < -0.3 is 9.84 Å². The predicted octanol–water partition coefficient (Wildman–Crippen LogP) is 5.38. The van der Waals surface area contributed by atoms with Crippen LogP contribution in [-0.2, 0) is 0 Å². The van der Waals surface area contributed by atoms with E-state index in [1.165, 1.54) is 18.2 Å². The minimum absolute atomic E-state index is 0.0855. The van der Waals surface area contributed by atoms with Gasteiger partial charge in [0.15, 0.2) is 5.78 Å². The van der Waals surface area contributed by atoms with Crippen molar-refractivity contribution in [2.24, 2.45) is 0 Å². The molecule has 2 aromatic carbocycles. The molecule has 0 fully saturated rings. The van der Waals surface area contributed by atoms with Gasteiger partial charge in [-0.1, -0.05) is 42.3 Å². The fraction of sp³-hybridized carbons (Fsp3) is 0.167. The van der Waals surface area contributed by atoms with E-state index in [-0.39, 0.29) is 17.1 Å². The van der Waals surface area contributed by atoms with E-state index in [1.807, 2.05) is 6.92 Å². The second kappa shape index (κ2) is 8.04. The molecule has 0 saturated heterocycles. The van der Waals surface area contributed by atoms with Crippen LogP contribution in [0.15, 0.2) is 42.5 Å². The summed E-state index contributed by atoms with van der Waals surface area (Å²) in [5, 5.41) is 10.7. The van der Waals surface area contributed by atoms with Crippen LogP contribution in [0.2, 0.25) is 10.0 Å². The van der Waals surface area contributed by atoms with E-state index in [0.29, 0.717) is 22.4 Å². The van der Waals surface area contributed by atoms with Gasteiger partial charge in [-0.3, -0.25) is 4.79 Å². The third-order valence-corrected chi connectivity index (χ3v) is 3.82. The predicted molar refractivity (Wildman–Crippen MR) is 93.7 cm³/mol. The van der Waals surface area contributed by atoms with Gasteiger partial charge in [0, 0.05) is 0 Å². The van der Waals surface area contributed by atoms with E-state index in [9.17, 15) is 9.90 Å². The smallest absolute Gasteiger partial charge is 0.189 e. The highest BCUT2D eigenvalue weighted by Gasteiger charge is 2.10. The minimum atomic E-state index is -0.324. The molecule has 0 aliphatic rings. The molecule has 23 heavy (non-hydrogen) atoms. The number of hydrogen-bond acceptors (Lipinski definition) is 3. The standard InChI is InChI=1S/C18H16Cl2O3/c1-2-9-23-13-5-8-18(22)14(11-13)17(21)7-4-12-3-6-15(19)16(20)10-12/h3-8,10-11,22H,2,9H2,1H3. The number of phenolic OH excluding ortho intramolecular Hbond substituents is 1. The van der Waals surface area contributed by atoms with Gasteiger partial charge in [-0.2, -0.15) is 0 Å². The Morgan fingerprint density at radius 3 is 2.65 bits per heavy atom. The van der Waals surface area contributed by atoms with Crippen LogP contribution >= 0.6 is 23.2 Å². The lowest BCUT2D eigenvalue weighted by Gasteiger charge is -2.07. The highest BCUT2D eigenvalue weighted by Crippen LogP contribution is 2.25. The average Bonchev–Trinajstić information content (AvgIpc) is 2.55. The molecule has 1 N–H and O–H groups in total. The molecule has 120 valence electrons. The summed E-state index contributed by atoms with van der Waals surface area (Å²) in [4.78, 5) is 12.3. The van der Waals surface area contributed by atoms with Crippen molar-refractivity contribution in [2.45, 2.75) is 13.3 Å². The van der Waals surface area contributed by atoms with E-state index in [0.717, 1.165) is 12.0 Å². The first-order chi connectivity index (χ1) is 11.0. The van der Waals surface area contributed by atoms with Gasteiger partial charge in [0.05, 0.1) is 22.2 Å². The number of carbonyl (C=O) groups excluding carboxylic acids is 1. The Bertz CT molecular complexity index is 739. The number of halogens is 2. The first-order valence-corrected chi connectivity index (χ1v) is 7.90. The Morgan fingerprint density at radius 2 is 1.96 bits per heavy atom. The van der Waals surface area contributed by atoms with Gasteiger partial charge >= 0.3 is 0 Å². The maximum Gasteiger partial charge on any atom is 0.189 e. The van der Waals surface area contributed by atoms with Crippen molar-refractivity contribution in [3.05, 3.63) is 63.6 Å². The Kier molecular flexibility index (Phi) is 6.08. The van der Waals surface area contributed by atoms with Gasteiger partial charge in [-0.05, 0) is 48.4 Å². The van der Waals surface area contributed by atoms with Gasteiger partial charge in [0.1, 0.15) is 11.5 Å². The molecule has 0 radical (unpaired) electrons. The van der Waals surface area contributed by atoms with Crippen LogP contribution < -0.4 is 4.74 Å². The molecule has 0 unspecified atom stereocenters. The van der Waals surface area contributed by atoms with Crippen molar-refractivity contribution >= 4 is 35.1 Å². The summed E-state index contributed by atoms with van der Waals surface area (Å²) < 4.78 is 5.47. The summed E-state index contributed by atoms with van der Waals surface area (Å²) in [7, 11) is 0. The fourth-order valence-corrected chi connectivity index (χ4v) is 2.21. The number of rotatable bonds is 6. The molecule has 0 heterocycles. The van der Waals surface area contributed by atoms with Crippen molar-refractivity contribution in [3.63, 3.8) is 0 Å². The fourth-order valence-electron chi connectivity index (χ4n) is 1.90. The number of ether oxygens (including phenoxy) is 1. The lowest BCUT2D eigenvalue weighted by atomic mass is 10.1. The van der Waals surface area contributed by atoms with E-state index in [2.05, 4.69) is 0 Å². The normalized spacial score (nSPS) is 10.9. The average molecular weight is 351 g/mol. The third-order valence-electron chi connectivity index (χ3n) is 3.08. The SMILES string of the molecule is CCCOc1ccc(O)c(C(=O)C=Cc2ccc(Cl)c(Cl)c2)c1. The Labute approximate surface area is 145 Å². The Hall–Kier alpha value is -1.97. The summed E-state index contributed by atoms with van der Waals surface area (Å²) in [5.74, 6) is 0.143. The summed E-state index contributed by atoms with van der Waals surface area (Å²) in [5.41, 5.74) is 0.931. The number of aromatic hydroxyl groups is 1. The number of carbonyl (C=O) groups is 1. The summed E-state index contributed by atoms with van der Waals surface area (Å²) in [6.45, 7) is 2.55. The van der Waals surface area contributed by atoms with Gasteiger partial charge in [0.25, 0.3) is 0 Å². The highest BCUT2D eigenvalue weighted by atomic mass is 35.5. The Morgan fingerprint density at radius 1 is 1.17 bits per heavy atom. The van der Waals surface area contributed by atoms with Crippen LogP contribution in [0, 0.1) is 0 Å². The van der Waals surface area contributed by atoms with Crippen molar-refractivity contribution in [3.8, 4) is 11.5 Å². The number of ketones is 1. The largest absolute Gasteiger partial charge is 0.507 e. The Balaban J connectivity index is 2.19. The molecule has 0 atom stereocenters. The maximum atomic E-state index is 12.3. The molecule has 3 nitrogen and oxygen atoms in total. The number of benzene rings is 2. The number of allylic oxidation sites excluding steroid dienone is 1. The molecule has 0 aromatic heterocycles. The lowest BCUT2D eigenvalue weighted by Crippen LogP contribution is -1.99. The third kappa shape index (κ3) is 4.75. The summed E-state index contributed by atoms with van der Waals surface area (Å²) >= 11 is 11.8. The molecule has 2 aromatic rings. The molecule has 0 aliphatic carbocycles. The monoisotopic (exact) mass is 350 g/mol. The van der Waals surface area contributed by atoms with E-state index in [4.69, 9.17) is 27.9 Å². The van der Waals surface area contributed by atoms with Crippen LogP contribution in [0.3, 0.4) is 0 Å². The zero-order valence-electron chi connectivity index (χ0n) is 12.6. The molecular formula is C18H16Cl2O3. The van der Waals surface area contributed by atoms with Crippen molar-refractivity contribution in [1.29, 1.82) is 0 Å². The van der Waals surface area contributed by atoms with Gasteiger partial charge in [0.2, 0.25) is 0 Å². The van der Waals surface area contributed by atoms with E-state index >= 15 is 0 Å². The lowest BCUT2D eigenvalue weighted by molar-refractivity contribution is 0.104. The molecule has 5 heteroatoms. The number of phenols is 1. The van der Waals surface area contributed by atoms with E-state index < -0.39 is 0 Å². The van der Waals surface area contributed by atoms with Crippen molar-refractivity contribution in [1.82, 2.24) is 0 Å². The van der Waals surface area contributed by atoms with Crippen LogP contribution in [0.25, 0.3) is 6.08 Å². The van der Waals surface area contributed by atoms with E-state index in [1.54, 1.807) is 30.3 Å². The molecular weight excluding hydrogens is 335 g/mol. The maximum absolute atomic E-state index is 12.3. The molecule has 0 saturated carbocycles. The second-order valence-corrected chi connectivity index (χ2v) is 5.71. The molecule has 0 bridgehead atoms. The van der Waals surface area contributed by atoms with Crippen molar-refractivity contribution in [2.75, 3.05) is 6.61 Å². The van der Waals surface area contributed by atoms with Crippen LogP contribution in [0.4, 0.5) is 0 Å². The quantitative estimate of drug-likeness (QED) is 0.561. The van der Waals surface area contributed by atoms with Crippen LogP contribution in [0.1, 0.15) is 29.3 Å². The first-order valence-electron chi connectivity index (χ1n) is 7.14. The van der Waals surface area contributed by atoms with Crippen LogP contribution in [-0.4, -0.2) is 17.5 Å². The van der Waals surface area contributed by atoms with Crippen molar-refractivity contribution < 1.29 is 14.6 Å². The zero-order chi connectivity index (χ0) is 16.8. The molecule has 2 rings (SSSR count). The number of hydrogen-bond donors (Lipinski definition) is 1. The molecule has 0 amide bonds. The van der Waals surface area contributed by atoms with Gasteiger partial charge in [-0.15, -0.1) is 0 Å². The highest BCUT2D eigenvalue weighted by molar-refractivity contribution is 6.42.